The predicted molar refractivity (Wildman–Crippen MR) is 68.3 cm³/mol. The number of hydrogen-bond donors (Lipinski definition) is 2. The molecule has 0 atom stereocenters. The van der Waals surface area contributed by atoms with Gasteiger partial charge in [-0.1, -0.05) is 12.1 Å². The van der Waals surface area contributed by atoms with Crippen LogP contribution in [0.3, 0.4) is 0 Å². The van der Waals surface area contributed by atoms with E-state index < -0.39 is 0 Å². The first-order chi connectivity index (χ1) is 8.16. The Labute approximate surface area is 104 Å². The van der Waals surface area contributed by atoms with E-state index in [-0.39, 0.29) is 11.7 Å². The third kappa shape index (κ3) is 2.85. The second kappa shape index (κ2) is 5.01. The molecule has 0 aliphatic rings. The maximum Gasteiger partial charge on any atom is 0.252 e. The molecule has 0 unspecified atom stereocenters. The first kappa shape index (κ1) is 11.7. The number of rotatable bonds is 3. The van der Waals surface area contributed by atoms with Gasteiger partial charge in [-0.15, -0.1) is 0 Å². The molecule has 0 bridgehead atoms. The fourth-order valence-corrected chi connectivity index (χ4v) is 2.31. The van der Waals surface area contributed by atoms with Gasteiger partial charge in [-0.2, -0.15) is 11.3 Å². The number of phenols is 1. The van der Waals surface area contributed by atoms with Crippen LogP contribution in [0.5, 0.6) is 5.75 Å². The van der Waals surface area contributed by atoms with E-state index in [4.69, 9.17) is 5.11 Å². The Kier molecular flexibility index (Phi) is 3.44. The van der Waals surface area contributed by atoms with Gasteiger partial charge >= 0.3 is 0 Å². The number of thiophene rings is 1. The van der Waals surface area contributed by atoms with Crippen molar-refractivity contribution in [2.75, 3.05) is 0 Å². The van der Waals surface area contributed by atoms with E-state index in [1.54, 1.807) is 24.3 Å². The molecule has 88 valence electrons. The Morgan fingerprint density at radius 2 is 2.00 bits per heavy atom. The highest BCUT2D eigenvalue weighted by Crippen LogP contribution is 2.14. The van der Waals surface area contributed by atoms with Gasteiger partial charge in [0, 0.05) is 11.9 Å². The van der Waals surface area contributed by atoms with Crippen LogP contribution in [0.4, 0.5) is 0 Å². The summed E-state index contributed by atoms with van der Waals surface area (Å²) in [6.45, 7) is 2.39. The quantitative estimate of drug-likeness (QED) is 0.876. The molecule has 0 spiro atoms. The largest absolute Gasteiger partial charge is 0.508 e. The summed E-state index contributed by atoms with van der Waals surface area (Å²) in [7, 11) is 0. The monoisotopic (exact) mass is 247 g/mol. The van der Waals surface area contributed by atoms with E-state index in [1.807, 2.05) is 17.7 Å². The van der Waals surface area contributed by atoms with E-state index >= 15 is 0 Å². The maximum absolute atomic E-state index is 11.8. The number of amides is 1. The Morgan fingerprint density at radius 1 is 1.29 bits per heavy atom. The van der Waals surface area contributed by atoms with Gasteiger partial charge < -0.3 is 10.4 Å². The van der Waals surface area contributed by atoms with Crippen LogP contribution in [-0.4, -0.2) is 11.0 Å². The fraction of sp³-hybridized carbons (Fsp3) is 0.154. The van der Waals surface area contributed by atoms with Crippen LogP contribution in [-0.2, 0) is 6.54 Å². The minimum absolute atomic E-state index is 0.0585. The molecule has 0 saturated carbocycles. The molecule has 2 rings (SSSR count). The van der Waals surface area contributed by atoms with Gasteiger partial charge in [-0.3, -0.25) is 4.79 Å². The lowest BCUT2D eigenvalue weighted by Gasteiger charge is -2.05. The number of benzene rings is 1. The van der Waals surface area contributed by atoms with Crippen LogP contribution < -0.4 is 5.32 Å². The van der Waals surface area contributed by atoms with Gasteiger partial charge in [-0.05, 0) is 35.6 Å². The van der Waals surface area contributed by atoms with E-state index in [0.29, 0.717) is 6.54 Å². The molecule has 0 radical (unpaired) electrons. The number of nitrogens with one attached hydrogen (secondary N) is 1. The number of carbonyl (C=O) groups is 1. The highest BCUT2D eigenvalue weighted by Gasteiger charge is 2.08. The summed E-state index contributed by atoms with van der Waals surface area (Å²) in [5, 5.41) is 15.8. The molecule has 1 amide bonds. The van der Waals surface area contributed by atoms with Crippen molar-refractivity contribution in [3.8, 4) is 5.75 Å². The SMILES string of the molecule is Cc1cscc1C(=O)NCc1ccc(O)cc1. The lowest BCUT2D eigenvalue weighted by Crippen LogP contribution is -2.22. The van der Waals surface area contributed by atoms with Crippen molar-refractivity contribution in [3.05, 3.63) is 51.7 Å². The molecule has 17 heavy (non-hydrogen) atoms. The Morgan fingerprint density at radius 3 is 2.59 bits per heavy atom. The molecule has 0 aliphatic carbocycles. The zero-order valence-corrected chi connectivity index (χ0v) is 10.3. The topological polar surface area (TPSA) is 49.3 Å². The van der Waals surface area contributed by atoms with Crippen LogP contribution in [0.2, 0.25) is 0 Å². The summed E-state index contributed by atoms with van der Waals surface area (Å²) in [5.74, 6) is 0.172. The van der Waals surface area contributed by atoms with Gasteiger partial charge in [0.05, 0.1) is 5.56 Å². The number of aromatic hydroxyl groups is 1. The van der Waals surface area contributed by atoms with Crippen LogP contribution in [0.25, 0.3) is 0 Å². The summed E-state index contributed by atoms with van der Waals surface area (Å²) in [6.07, 6.45) is 0. The number of aryl methyl sites for hydroxylation is 1. The van der Waals surface area contributed by atoms with Crippen molar-refractivity contribution in [1.82, 2.24) is 5.32 Å². The summed E-state index contributed by atoms with van der Waals surface area (Å²) >= 11 is 1.52. The highest BCUT2D eigenvalue weighted by molar-refractivity contribution is 7.08. The van der Waals surface area contributed by atoms with Crippen LogP contribution in [0, 0.1) is 6.92 Å². The molecule has 0 fully saturated rings. The van der Waals surface area contributed by atoms with E-state index in [0.717, 1.165) is 16.7 Å². The molecular weight excluding hydrogens is 234 g/mol. The Bertz CT molecular complexity index is 516. The average molecular weight is 247 g/mol. The van der Waals surface area contributed by atoms with Crippen LogP contribution in [0.15, 0.2) is 35.0 Å². The molecule has 1 aromatic carbocycles. The molecule has 1 heterocycles. The minimum atomic E-state index is -0.0585. The molecule has 3 nitrogen and oxygen atoms in total. The zero-order chi connectivity index (χ0) is 12.3. The lowest BCUT2D eigenvalue weighted by molar-refractivity contribution is 0.0951. The predicted octanol–water partition coefficient (Wildman–Crippen LogP) is 2.69. The molecular formula is C13H13NO2S. The second-order valence-corrected chi connectivity index (χ2v) is 4.56. The van der Waals surface area contributed by atoms with E-state index in [2.05, 4.69) is 5.32 Å². The van der Waals surface area contributed by atoms with E-state index in [9.17, 15) is 4.79 Å². The molecule has 0 saturated heterocycles. The average Bonchev–Trinajstić information content (AvgIpc) is 2.74. The first-order valence-corrected chi connectivity index (χ1v) is 6.20. The van der Waals surface area contributed by atoms with Gasteiger partial charge in [0.1, 0.15) is 5.75 Å². The zero-order valence-electron chi connectivity index (χ0n) is 9.43. The minimum Gasteiger partial charge on any atom is -0.508 e. The Hall–Kier alpha value is -1.81. The van der Waals surface area contributed by atoms with Crippen molar-refractivity contribution in [2.24, 2.45) is 0 Å². The maximum atomic E-state index is 11.8. The number of phenolic OH excluding ortho intramolecular Hbond substituents is 1. The van der Waals surface area contributed by atoms with Gasteiger partial charge in [0.2, 0.25) is 0 Å². The van der Waals surface area contributed by atoms with Gasteiger partial charge in [0.15, 0.2) is 0 Å². The summed E-state index contributed by atoms with van der Waals surface area (Å²) in [5.41, 5.74) is 2.69. The van der Waals surface area contributed by atoms with Crippen LogP contribution >= 0.6 is 11.3 Å². The number of hydrogen-bond acceptors (Lipinski definition) is 3. The van der Waals surface area contributed by atoms with Crippen molar-refractivity contribution < 1.29 is 9.90 Å². The summed E-state index contributed by atoms with van der Waals surface area (Å²) in [4.78, 5) is 11.8. The summed E-state index contributed by atoms with van der Waals surface area (Å²) in [6, 6.07) is 6.79. The third-order valence-corrected chi connectivity index (χ3v) is 3.35. The molecule has 1 aromatic heterocycles. The van der Waals surface area contributed by atoms with Crippen LogP contribution in [0.1, 0.15) is 21.5 Å². The molecule has 2 aromatic rings. The third-order valence-electron chi connectivity index (χ3n) is 2.49. The standard InChI is InChI=1S/C13H13NO2S/c1-9-7-17-8-12(9)13(16)14-6-10-2-4-11(15)5-3-10/h2-5,7-8,15H,6H2,1H3,(H,14,16). The second-order valence-electron chi connectivity index (χ2n) is 3.82. The normalized spacial score (nSPS) is 10.2. The lowest BCUT2D eigenvalue weighted by atomic mass is 10.2. The van der Waals surface area contributed by atoms with Crippen molar-refractivity contribution in [2.45, 2.75) is 13.5 Å². The number of carbonyl (C=O) groups excluding carboxylic acids is 1. The van der Waals surface area contributed by atoms with Gasteiger partial charge in [-0.25, -0.2) is 0 Å². The van der Waals surface area contributed by atoms with Crippen molar-refractivity contribution in [3.63, 3.8) is 0 Å². The highest BCUT2D eigenvalue weighted by atomic mass is 32.1. The van der Waals surface area contributed by atoms with Crippen molar-refractivity contribution in [1.29, 1.82) is 0 Å². The van der Waals surface area contributed by atoms with Gasteiger partial charge in [0.25, 0.3) is 5.91 Å². The molecule has 0 aliphatic heterocycles. The smallest absolute Gasteiger partial charge is 0.252 e. The first-order valence-electron chi connectivity index (χ1n) is 5.25. The van der Waals surface area contributed by atoms with E-state index in [1.165, 1.54) is 11.3 Å². The van der Waals surface area contributed by atoms with Crippen molar-refractivity contribution >= 4 is 17.2 Å². The molecule has 2 N–H and O–H groups in total. The fourth-order valence-electron chi connectivity index (χ4n) is 1.48. The molecule has 4 heteroatoms. The Balaban J connectivity index is 1.97. The summed E-state index contributed by atoms with van der Waals surface area (Å²) < 4.78 is 0.